The maximum Gasteiger partial charge on any atom is 0.264 e. The molecule has 1 aliphatic heterocycles. The van der Waals surface area contributed by atoms with E-state index >= 15 is 0 Å². The summed E-state index contributed by atoms with van der Waals surface area (Å²) in [5.41, 5.74) is 0.404. The summed E-state index contributed by atoms with van der Waals surface area (Å²) in [6, 6.07) is 12.5. The minimum atomic E-state index is -0.143. The molecule has 1 fully saturated rings. The predicted octanol–water partition coefficient (Wildman–Crippen LogP) is 1.98. The Kier molecular flexibility index (Phi) is 5.31. The van der Waals surface area contributed by atoms with Crippen molar-refractivity contribution in [3.05, 3.63) is 52.2 Å². The van der Waals surface area contributed by atoms with Crippen LogP contribution in [0.4, 0.5) is 0 Å². The zero-order valence-corrected chi connectivity index (χ0v) is 14.4. The monoisotopic (exact) mass is 355 g/mol. The van der Waals surface area contributed by atoms with Crippen molar-refractivity contribution in [3.63, 3.8) is 0 Å². The van der Waals surface area contributed by atoms with Gasteiger partial charge in [-0.2, -0.15) is 5.26 Å². The van der Waals surface area contributed by atoms with Crippen LogP contribution in [0.3, 0.4) is 0 Å². The van der Waals surface area contributed by atoms with Crippen LogP contribution >= 0.6 is 11.3 Å². The van der Waals surface area contributed by atoms with Gasteiger partial charge in [0.1, 0.15) is 11.8 Å². The van der Waals surface area contributed by atoms with E-state index in [1.807, 2.05) is 23.6 Å². The Labute approximate surface area is 149 Å². The van der Waals surface area contributed by atoms with Gasteiger partial charge >= 0.3 is 0 Å². The molecule has 1 aliphatic rings. The zero-order chi connectivity index (χ0) is 17.6. The Bertz CT molecular complexity index is 790. The number of piperazine rings is 1. The van der Waals surface area contributed by atoms with Gasteiger partial charge in [0, 0.05) is 26.2 Å². The molecule has 2 heterocycles. The van der Waals surface area contributed by atoms with Crippen LogP contribution in [0.2, 0.25) is 0 Å². The Hall–Kier alpha value is -2.85. The first-order valence-corrected chi connectivity index (χ1v) is 8.79. The van der Waals surface area contributed by atoms with E-state index in [2.05, 4.69) is 0 Å². The lowest BCUT2D eigenvalue weighted by Crippen LogP contribution is -2.51. The summed E-state index contributed by atoms with van der Waals surface area (Å²) in [6.45, 7) is 1.88. The molecule has 0 radical (unpaired) electrons. The number of carbonyl (C=O) groups excluding carboxylic acids is 2. The predicted molar refractivity (Wildman–Crippen MR) is 93.5 cm³/mol. The number of ether oxygens (including phenoxy) is 1. The van der Waals surface area contributed by atoms with Crippen molar-refractivity contribution in [1.29, 1.82) is 5.26 Å². The van der Waals surface area contributed by atoms with Crippen molar-refractivity contribution in [2.45, 2.75) is 0 Å². The van der Waals surface area contributed by atoms with Gasteiger partial charge in [0.2, 0.25) is 0 Å². The number of hydrogen-bond donors (Lipinski definition) is 0. The molecule has 0 bridgehead atoms. The third-order valence-corrected chi connectivity index (χ3v) is 4.87. The molecular formula is C18H17N3O3S. The van der Waals surface area contributed by atoms with Gasteiger partial charge in [-0.05, 0) is 23.6 Å². The Balaban J connectivity index is 1.50. The second kappa shape index (κ2) is 7.81. The van der Waals surface area contributed by atoms with E-state index in [1.54, 1.807) is 34.1 Å². The van der Waals surface area contributed by atoms with Gasteiger partial charge in [-0.1, -0.05) is 18.2 Å². The van der Waals surface area contributed by atoms with Crippen molar-refractivity contribution in [1.82, 2.24) is 9.80 Å². The molecular weight excluding hydrogens is 338 g/mol. The summed E-state index contributed by atoms with van der Waals surface area (Å²) in [6.07, 6.45) is 0. The smallest absolute Gasteiger partial charge is 0.264 e. The highest BCUT2D eigenvalue weighted by Crippen LogP contribution is 2.17. The molecule has 2 amide bonds. The second-order valence-corrected chi connectivity index (χ2v) is 6.49. The van der Waals surface area contributed by atoms with E-state index in [0.29, 0.717) is 37.5 Å². The van der Waals surface area contributed by atoms with Crippen molar-refractivity contribution >= 4 is 23.2 Å². The Morgan fingerprint density at radius 3 is 2.48 bits per heavy atom. The molecule has 0 aliphatic carbocycles. The van der Waals surface area contributed by atoms with Gasteiger partial charge in [0.05, 0.1) is 10.4 Å². The number of carbonyl (C=O) groups is 2. The number of amides is 2. The number of nitrogens with zero attached hydrogens (tertiary/aromatic N) is 3. The maximum atomic E-state index is 12.3. The number of nitriles is 1. The van der Waals surface area contributed by atoms with Gasteiger partial charge in [-0.15, -0.1) is 11.3 Å². The number of benzene rings is 1. The van der Waals surface area contributed by atoms with E-state index in [-0.39, 0.29) is 18.4 Å². The fourth-order valence-corrected chi connectivity index (χ4v) is 3.32. The summed E-state index contributed by atoms with van der Waals surface area (Å²) in [4.78, 5) is 28.8. The van der Waals surface area contributed by atoms with Crippen molar-refractivity contribution in [2.24, 2.45) is 0 Å². The molecule has 1 aromatic heterocycles. The average molecular weight is 355 g/mol. The minimum absolute atomic E-state index is 0.0151. The fraction of sp³-hybridized carbons (Fsp3) is 0.278. The molecule has 1 saturated heterocycles. The number of thiophene rings is 1. The topological polar surface area (TPSA) is 73.6 Å². The van der Waals surface area contributed by atoms with E-state index in [0.717, 1.165) is 4.88 Å². The van der Waals surface area contributed by atoms with Gasteiger partial charge in [-0.3, -0.25) is 9.59 Å². The lowest BCUT2D eigenvalue weighted by molar-refractivity contribution is -0.134. The number of hydrogen-bond acceptors (Lipinski definition) is 5. The first kappa shape index (κ1) is 17.0. The van der Waals surface area contributed by atoms with Gasteiger partial charge in [0.15, 0.2) is 6.61 Å². The molecule has 1 aromatic carbocycles. The highest BCUT2D eigenvalue weighted by atomic mass is 32.1. The van der Waals surface area contributed by atoms with E-state index in [1.165, 1.54) is 11.3 Å². The Morgan fingerprint density at radius 2 is 1.80 bits per heavy atom. The standard InChI is InChI=1S/C18H17N3O3S/c19-12-14-4-1-2-5-15(14)24-13-17(22)20-7-9-21(10-8-20)18(23)16-6-3-11-25-16/h1-6,11H,7-10,13H2. The van der Waals surface area contributed by atoms with Gasteiger partial charge < -0.3 is 14.5 Å². The molecule has 6 nitrogen and oxygen atoms in total. The van der Waals surface area contributed by atoms with Crippen LogP contribution in [-0.4, -0.2) is 54.4 Å². The van der Waals surface area contributed by atoms with E-state index in [4.69, 9.17) is 10.00 Å². The molecule has 0 N–H and O–H groups in total. The highest BCUT2D eigenvalue weighted by molar-refractivity contribution is 7.12. The van der Waals surface area contributed by atoms with Gasteiger partial charge in [-0.25, -0.2) is 0 Å². The van der Waals surface area contributed by atoms with Crippen LogP contribution in [-0.2, 0) is 4.79 Å². The van der Waals surface area contributed by atoms with E-state index in [9.17, 15) is 9.59 Å². The lowest BCUT2D eigenvalue weighted by atomic mass is 10.2. The van der Waals surface area contributed by atoms with Crippen molar-refractivity contribution < 1.29 is 14.3 Å². The largest absolute Gasteiger partial charge is 0.482 e. The van der Waals surface area contributed by atoms with Crippen LogP contribution in [0, 0.1) is 11.3 Å². The van der Waals surface area contributed by atoms with Crippen LogP contribution in [0.25, 0.3) is 0 Å². The first-order chi connectivity index (χ1) is 12.2. The van der Waals surface area contributed by atoms with Crippen LogP contribution < -0.4 is 4.74 Å². The molecule has 0 atom stereocenters. The summed E-state index contributed by atoms with van der Waals surface area (Å²) in [5.74, 6) is 0.280. The van der Waals surface area contributed by atoms with Crippen molar-refractivity contribution in [3.8, 4) is 11.8 Å². The molecule has 2 aromatic rings. The summed E-state index contributed by atoms with van der Waals surface area (Å²) in [5, 5.41) is 10.9. The molecule has 3 rings (SSSR count). The van der Waals surface area contributed by atoms with Gasteiger partial charge in [0.25, 0.3) is 11.8 Å². The quantitative estimate of drug-likeness (QED) is 0.841. The first-order valence-electron chi connectivity index (χ1n) is 7.91. The lowest BCUT2D eigenvalue weighted by Gasteiger charge is -2.34. The summed E-state index contributed by atoms with van der Waals surface area (Å²) >= 11 is 1.42. The third-order valence-electron chi connectivity index (χ3n) is 4.01. The molecule has 0 spiro atoms. The maximum absolute atomic E-state index is 12.3. The molecule has 7 heteroatoms. The number of rotatable bonds is 4. The van der Waals surface area contributed by atoms with Crippen LogP contribution in [0.5, 0.6) is 5.75 Å². The Morgan fingerprint density at radius 1 is 1.08 bits per heavy atom. The molecule has 0 unspecified atom stereocenters. The third kappa shape index (κ3) is 3.98. The van der Waals surface area contributed by atoms with Crippen LogP contribution in [0.1, 0.15) is 15.2 Å². The second-order valence-electron chi connectivity index (χ2n) is 5.55. The van der Waals surface area contributed by atoms with E-state index < -0.39 is 0 Å². The average Bonchev–Trinajstić information content (AvgIpc) is 3.20. The summed E-state index contributed by atoms with van der Waals surface area (Å²) < 4.78 is 5.48. The molecule has 128 valence electrons. The fourth-order valence-electron chi connectivity index (χ4n) is 2.63. The molecule has 0 saturated carbocycles. The normalized spacial score (nSPS) is 14.0. The minimum Gasteiger partial charge on any atom is -0.482 e. The SMILES string of the molecule is N#Cc1ccccc1OCC(=O)N1CCN(C(=O)c2cccs2)CC1. The highest BCUT2D eigenvalue weighted by Gasteiger charge is 2.25. The molecule has 25 heavy (non-hydrogen) atoms. The zero-order valence-electron chi connectivity index (χ0n) is 13.6. The summed E-state index contributed by atoms with van der Waals surface area (Å²) in [7, 11) is 0. The van der Waals surface area contributed by atoms with Crippen LogP contribution in [0.15, 0.2) is 41.8 Å². The van der Waals surface area contributed by atoms with Crippen molar-refractivity contribution in [2.75, 3.05) is 32.8 Å². The number of para-hydroxylation sites is 1.